The van der Waals surface area contributed by atoms with E-state index in [1.54, 1.807) is 0 Å². The van der Waals surface area contributed by atoms with E-state index in [-0.39, 0.29) is 13.0 Å². The molecule has 8 heteroatoms. The summed E-state index contributed by atoms with van der Waals surface area (Å²) < 4.78 is 60.7. The minimum absolute atomic E-state index is 0.129. The molecule has 0 atom stereocenters. The minimum atomic E-state index is -5.59. The van der Waals surface area contributed by atoms with Crippen molar-refractivity contribution in [3.05, 3.63) is 36.6 Å². The Bertz CT molecular complexity index is 491. The van der Waals surface area contributed by atoms with Crippen LogP contribution in [0.3, 0.4) is 0 Å². The Balaban J connectivity index is 2.49. The third-order valence-electron chi connectivity index (χ3n) is 2.80. The number of hydrogen-bond donors (Lipinski definition) is 1. The summed E-state index contributed by atoms with van der Waals surface area (Å²) in [7, 11) is -5.59. The fraction of sp³-hybridized carbons (Fsp3) is 0.500. The highest BCUT2D eigenvalue weighted by Gasteiger charge is 2.47. The fourth-order valence-corrected chi connectivity index (χ4v) is 2.01. The Morgan fingerprint density at radius 1 is 1.30 bits per heavy atom. The summed E-state index contributed by atoms with van der Waals surface area (Å²) in [5.41, 5.74) is -5.98. The number of halogens is 3. The number of allylic oxidation sites excluding steroid dienone is 3. The number of aliphatic hydroxyl groups is 1. The molecule has 0 bridgehead atoms. The summed E-state index contributed by atoms with van der Waals surface area (Å²) in [6, 6.07) is 0. The molecule has 0 saturated carbocycles. The SMILES string of the molecule is O=S(=O)(O/C=C\CCC1(CO)C=CCC=C1)C(F)(F)F. The second-order valence-electron chi connectivity index (χ2n) is 4.34. The molecule has 114 valence electrons. The van der Waals surface area contributed by atoms with Gasteiger partial charge in [0, 0.05) is 5.41 Å². The van der Waals surface area contributed by atoms with Gasteiger partial charge < -0.3 is 9.29 Å². The van der Waals surface area contributed by atoms with E-state index in [9.17, 15) is 26.7 Å². The van der Waals surface area contributed by atoms with Crippen molar-refractivity contribution >= 4 is 10.1 Å². The van der Waals surface area contributed by atoms with Crippen LogP contribution in [0.4, 0.5) is 13.2 Å². The molecule has 0 saturated heterocycles. The molecule has 0 radical (unpaired) electrons. The highest BCUT2D eigenvalue weighted by atomic mass is 32.2. The normalized spacial score (nSPS) is 18.6. The van der Waals surface area contributed by atoms with Gasteiger partial charge in [-0.15, -0.1) is 0 Å². The van der Waals surface area contributed by atoms with E-state index in [0.29, 0.717) is 12.7 Å². The van der Waals surface area contributed by atoms with E-state index >= 15 is 0 Å². The highest BCUT2D eigenvalue weighted by molar-refractivity contribution is 7.87. The van der Waals surface area contributed by atoms with Gasteiger partial charge in [0.1, 0.15) is 6.26 Å². The van der Waals surface area contributed by atoms with E-state index in [1.807, 2.05) is 24.3 Å². The molecule has 0 unspecified atom stereocenters. The van der Waals surface area contributed by atoms with Crippen LogP contribution in [0.25, 0.3) is 0 Å². The minimum Gasteiger partial charge on any atom is -0.395 e. The van der Waals surface area contributed by atoms with Gasteiger partial charge in [-0.3, -0.25) is 0 Å². The second kappa shape index (κ2) is 6.45. The number of hydrogen-bond acceptors (Lipinski definition) is 4. The van der Waals surface area contributed by atoms with E-state index in [4.69, 9.17) is 0 Å². The molecule has 1 rings (SSSR count). The zero-order chi connectivity index (χ0) is 15.3. The first-order chi connectivity index (χ1) is 9.22. The molecule has 0 aromatic rings. The molecule has 4 nitrogen and oxygen atoms in total. The van der Waals surface area contributed by atoms with Crippen LogP contribution < -0.4 is 0 Å². The van der Waals surface area contributed by atoms with E-state index in [2.05, 4.69) is 4.18 Å². The molecule has 0 aromatic heterocycles. The Labute approximate surface area is 115 Å². The van der Waals surface area contributed by atoms with Crippen LogP contribution in [-0.2, 0) is 14.3 Å². The molecule has 20 heavy (non-hydrogen) atoms. The Morgan fingerprint density at radius 3 is 2.40 bits per heavy atom. The lowest BCUT2D eigenvalue weighted by Gasteiger charge is -2.26. The molecule has 0 spiro atoms. The van der Waals surface area contributed by atoms with Crippen molar-refractivity contribution in [3.63, 3.8) is 0 Å². The molecule has 1 aliphatic carbocycles. The molecular formula is C12H15F3O4S. The molecule has 0 amide bonds. The first-order valence-electron chi connectivity index (χ1n) is 5.83. The second-order valence-corrected chi connectivity index (χ2v) is 5.90. The van der Waals surface area contributed by atoms with E-state index in [1.165, 1.54) is 6.08 Å². The average molecular weight is 312 g/mol. The van der Waals surface area contributed by atoms with Crippen LogP contribution >= 0.6 is 0 Å². The lowest BCUT2D eigenvalue weighted by Crippen LogP contribution is -2.23. The van der Waals surface area contributed by atoms with Crippen molar-refractivity contribution in [2.45, 2.75) is 24.8 Å². The van der Waals surface area contributed by atoms with Gasteiger partial charge >= 0.3 is 15.6 Å². The summed E-state index contributed by atoms with van der Waals surface area (Å²) in [4.78, 5) is 0. The summed E-state index contributed by atoms with van der Waals surface area (Å²) >= 11 is 0. The Kier molecular flexibility index (Phi) is 5.41. The van der Waals surface area contributed by atoms with Gasteiger partial charge in [0.25, 0.3) is 0 Å². The van der Waals surface area contributed by atoms with Gasteiger partial charge in [0.2, 0.25) is 0 Å². The third-order valence-corrected chi connectivity index (χ3v) is 3.74. The van der Waals surface area contributed by atoms with Gasteiger partial charge in [-0.05, 0) is 25.3 Å². The molecule has 0 fully saturated rings. The summed E-state index contributed by atoms with van der Waals surface area (Å²) in [5, 5.41) is 9.33. The maximum Gasteiger partial charge on any atom is 0.534 e. The van der Waals surface area contributed by atoms with Gasteiger partial charge in [-0.2, -0.15) is 21.6 Å². The standard InChI is InChI=1S/C12H15F3O4S/c13-12(14,15)20(17,18)19-9-5-4-8-11(10-16)6-2-1-3-7-11/h2-3,5-7,9,16H,1,4,8,10H2/b9-5-. The zero-order valence-corrected chi connectivity index (χ0v) is 11.3. The van der Waals surface area contributed by atoms with Crippen LogP contribution in [0.2, 0.25) is 0 Å². The van der Waals surface area contributed by atoms with Crippen LogP contribution in [-0.4, -0.2) is 25.6 Å². The lowest BCUT2D eigenvalue weighted by molar-refractivity contribution is -0.0515. The molecule has 1 N–H and O–H groups in total. The summed E-state index contributed by atoms with van der Waals surface area (Å²) in [5.74, 6) is 0. The predicted molar refractivity (Wildman–Crippen MR) is 66.8 cm³/mol. The fourth-order valence-electron chi connectivity index (χ4n) is 1.68. The summed E-state index contributed by atoms with van der Waals surface area (Å²) in [6.07, 6.45) is 10.6. The predicted octanol–water partition coefficient (Wildman–Crippen LogP) is 2.64. The quantitative estimate of drug-likeness (QED) is 0.354. The lowest BCUT2D eigenvalue weighted by atomic mass is 9.81. The van der Waals surface area contributed by atoms with Crippen molar-refractivity contribution in [3.8, 4) is 0 Å². The van der Waals surface area contributed by atoms with Gasteiger partial charge in [0.15, 0.2) is 0 Å². The molecular weight excluding hydrogens is 297 g/mol. The first kappa shape index (κ1) is 16.8. The summed E-state index contributed by atoms with van der Waals surface area (Å²) in [6.45, 7) is -0.129. The van der Waals surface area contributed by atoms with Crippen LogP contribution in [0.1, 0.15) is 19.3 Å². The van der Waals surface area contributed by atoms with Crippen LogP contribution in [0.15, 0.2) is 36.6 Å². The third kappa shape index (κ3) is 4.38. The largest absolute Gasteiger partial charge is 0.534 e. The van der Waals surface area contributed by atoms with Crippen molar-refractivity contribution in [1.29, 1.82) is 0 Å². The number of alkyl halides is 3. The maximum atomic E-state index is 12.0. The highest BCUT2D eigenvalue weighted by Crippen LogP contribution is 2.30. The molecule has 0 aliphatic heterocycles. The van der Waals surface area contributed by atoms with Crippen molar-refractivity contribution in [2.24, 2.45) is 5.41 Å². The van der Waals surface area contributed by atoms with E-state index in [0.717, 1.165) is 6.42 Å². The van der Waals surface area contributed by atoms with Crippen LogP contribution in [0, 0.1) is 5.41 Å². The smallest absolute Gasteiger partial charge is 0.395 e. The first-order valence-corrected chi connectivity index (χ1v) is 7.24. The number of rotatable bonds is 6. The maximum absolute atomic E-state index is 12.0. The van der Waals surface area contributed by atoms with Crippen molar-refractivity contribution in [2.75, 3.05) is 6.61 Å². The average Bonchev–Trinajstić information content (AvgIpc) is 2.38. The monoisotopic (exact) mass is 312 g/mol. The van der Waals surface area contributed by atoms with Gasteiger partial charge in [0.05, 0.1) is 6.61 Å². The molecule has 0 heterocycles. The van der Waals surface area contributed by atoms with Crippen molar-refractivity contribution < 1.29 is 30.9 Å². The Hall–Kier alpha value is -1.28. The van der Waals surface area contributed by atoms with Gasteiger partial charge in [-0.1, -0.05) is 24.3 Å². The van der Waals surface area contributed by atoms with Crippen LogP contribution in [0.5, 0.6) is 0 Å². The molecule has 0 aromatic carbocycles. The number of aliphatic hydroxyl groups excluding tert-OH is 1. The topological polar surface area (TPSA) is 63.6 Å². The Morgan fingerprint density at radius 2 is 1.90 bits per heavy atom. The molecule has 1 aliphatic rings. The van der Waals surface area contributed by atoms with E-state index < -0.39 is 21.0 Å². The van der Waals surface area contributed by atoms with Crippen molar-refractivity contribution in [1.82, 2.24) is 0 Å². The van der Waals surface area contributed by atoms with Gasteiger partial charge in [-0.25, -0.2) is 0 Å². The zero-order valence-electron chi connectivity index (χ0n) is 10.5.